The Morgan fingerprint density at radius 2 is 1.91 bits per heavy atom. The topological polar surface area (TPSA) is 41.1 Å². The van der Waals surface area contributed by atoms with Crippen molar-refractivity contribution in [3.8, 4) is 0 Å². The molecule has 0 saturated heterocycles. The quantitative estimate of drug-likeness (QED) is 0.824. The number of carbonyl (C=O) groups is 1. The summed E-state index contributed by atoms with van der Waals surface area (Å²) in [6, 6.07) is 8.86. The lowest BCUT2D eigenvalue weighted by Crippen LogP contribution is -2.50. The Kier molecular flexibility index (Phi) is 4.36. The zero-order valence-electron chi connectivity index (χ0n) is 13.4. The largest absolute Gasteiger partial charge is 0.352 e. The van der Waals surface area contributed by atoms with Crippen LogP contribution in [0.1, 0.15) is 49.0 Å². The van der Waals surface area contributed by atoms with E-state index in [0.717, 1.165) is 25.8 Å². The van der Waals surface area contributed by atoms with Crippen molar-refractivity contribution < 1.29 is 4.79 Å². The van der Waals surface area contributed by atoms with Crippen LogP contribution in [0.3, 0.4) is 0 Å². The first kappa shape index (κ1) is 15.2. The van der Waals surface area contributed by atoms with Crippen LogP contribution in [0.25, 0.3) is 10.1 Å². The van der Waals surface area contributed by atoms with Gasteiger partial charge in [0.05, 0.1) is 6.04 Å². The van der Waals surface area contributed by atoms with Gasteiger partial charge in [0.1, 0.15) is 0 Å². The molecule has 2 aliphatic rings. The summed E-state index contributed by atoms with van der Waals surface area (Å²) in [7, 11) is 0. The molecule has 1 amide bonds. The Morgan fingerprint density at radius 3 is 2.74 bits per heavy atom. The summed E-state index contributed by atoms with van der Waals surface area (Å²) in [5, 5.41) is 8.08. The molecule has 1 aromatic heterocycles. The maximum atomic E-state index is 12.7. The first-order valence-electron chi connectivity index (χ1n) is 8.84. The van der Waals surface area contributed by atoms with Crippen molar-refractivity contribution in [3.63, 3.8) is 0 Å². The number of amides is 1. The van der Waals surface area contributed by atoms with Crippen LogP contribution >= 0.6 is 11.3 Å². The van der Waals surface area contributed by atoms with Gasteiger partial charge in [-0.15, -0.1) is 11.3 Å². The molecule has 23 heavy (non-hydrogen) atoms. The molecule has 1 saturated carbocycles. The molecule has 4 heteroatoms. The van der Waals surface area contributed by atoms with Gasteiger partial charge in [-0.1, -0.05) is 43.9 Å². The minimum atomic E-state index is -0.0799. The highest BCUT2D eigenvalue weighted by atomic mass is 32.1. The number of fused-ring (bicyclic) bond motifs is 3. The third-order valence-corrected chi connectivity index (χ3v) is 6.43. The molecule has 1 aromatic carbocycles. The molecule has 2 heterocycles. The summed E-state index contributed by atoms with van der Waals surface area (Å²) in [6.07, 6.45) is 8.25. The lowest BCUT2D eigenvalue weighted by molar-refractivity contribution is -0.124. The van der Waals surface area contributed by atoms with Gasteiger partial charge < -0.3 is 10.6 Å². The average molecular weight is 328 g/mol. The molecule has 2 aromatic rings. The summed E-state index contributed by atoms with van der Waals surface area (Å²) < 4.78 is 1.34. The molecule has 1 aliphatic heterocycles. The van der Waals surface area contributed by atoms with Crippen LogP contribution in [0.15, 0.2) is 24.3 Å². The zero-order chi connectivity index (χ0) is 15.6. The van der Waals surface area contributed by atoms with Crippen molar-refractivity contribution in [2.75, 3.05) is 0 Å². The van der Waals surface area contributed by atoms with Crippen molar-refractivity contribution in [1.29, 1.82) is 0 Å². The number of nitrogens with one attached hydrogen (secondary N) is 2. The van der Waals surface area contributed by atoms with Gasteiger partial charge in [0, 0.05) is 22.2 Å². The molecule has 122 valence electrons. The molecular weight excluding hydrogens is 304 g/mol. The van der Waals surface area contributed by atoms with E-state index >= 15 is 0 Å². The Balaban J connectivity index is 1.47. The molecule has 0 spiro atoms. The maximum Gasteiger partial charge on any atom is 0.237 e. The molecule has 0 unspecified atom stereocenters. The molecule has 2 N–H and O–H groups in total. The van der Waals surface area contributed by atoms with E-state index in [4.69, 9.17) is 0 Å². The van der Waals surface area contributed by atoms with Gasteiger partial charge in [-0.2, -0.15) is 0 Å². The van der Waals surface area contributed by atoms with Crippen molar-refractivity contribution in [1.82, 2.24) is 10.6 Å². The average Bonchev–Trinajstić information content (AvgIpc) is 2.74. The number of carbonyl (C=O) groups excluding carboxylic acids is 1. The highest BCUT2D eigenvalue weighted by Gasteiger charge is 2.28. The normalized spacial score (nSPS) is 22.5. The summed E-state index contributed by atoms with van der Waals surface area (Å²) in [4.78, 5) is 14.1. The lowest BCUT2D eigenvalue weighted by Gasteiger charge is -2.26. The zero-order valence-corrected chi connectivity index (χ0v) is 14.3. The second-order valence-electron chi connectivity index (χ2n) is 6.83. The minimum absolute atomic E-state index is 0.0799. The second-order valence-corrected chi connectivity index (χ2v) is 7.97. The van der Waals surface area contributed by atoms with E-state index < -0.39 is 0 Å². The summed E-state index contributed by atoms with van der Waals surface area (Å²) in [5.74, 6) is 0.192. The fraction of sp³-hybridized carbons (Fsp3) is 0.526. The van der Waals surface area contributed by atoms with E-state index in [9.17, 15) is 4.79 Å². The molecule has 1 atom stereocenters. The maximum absolute atomic E-state index is 12.7. The molecule has 3 nitrogen and oxygen atoms in total. The van der Waals surface area contributed by atoms with Gasteiger partial charge in [-0.05, 0) is 36.3 Å². The summed E-state index contributed by atoms with van der Waals surface area (Å²) >= 11 is 1.86. The number of rotatable bonds is 2. The summed E-state index contributed by atoms with van der Waals surface area (Å²) in [6.45, 7) is 0.817. The van der Waals surface area contributed by atoms with Gasteiger partial charge in [-0.25, -0.2) is 0 Å². The van der Waals surface area contributed by atoms with E-state index in [1.807, 2.05) is 11.3 Å². The third kappa shape index (κ3) is 3.15. The van der Waals surface area contributed by atoms with Crippen LogP contribution in [0.5, 0.6) is 0 Å². The van der Waals surface area contributed by atoms with E-state index in [0.29, 0.717) is 6.04 Å². The molecule has 4 rings (SSSR count). The van der Waals surface area contributed by atoms with Crippen LogP contribution in [0.4, 0.5) is 0 Å². The molecule has 1 fully saturated rings. The van der Waals surface area contributed by atoms with Gasteiger partial charge in [0.15, 0.2) is 0 Å². The Hall–Kier alpha value is -1.39. The Bertz CT molecular complexity index is 700. The van der Waals surface area contributed by atoms with E-state index in [1.54, 1.807) is 0 Å². The highest BCUT2D eigenvalue weighted by Crippen LogP contribution is 2.34. The van der Waals surface area contributed by atoms with Crippen LogP contribution < -0.4 is 10.6 Å². The molecule has 1 aliphatic carbocycles. The molecule has 0 radical (unpaired) electrons. The van der Waals surface area contributed by atoms with Crippen LogP contribution in [0, 0.1) is 0 Å². The number of thiophene rings is 1. The van der Waals surface area contributed by atoms with E-state index in [-0.39, 0.29) is 11.9 Å². The van der Waals surface area contributed by atoms with Gasteiger partial charge >= 0.3 is 0 Å². The Labute approximate surface area is 141 Å². The number of benzene rings is 1. The third-order valence-electron chi connectivity index (χ3n) is 5.22. The second kappa shape index (κ2) is 6.62. The van der Waals surface area contributed by atoms with Gasteiger partial charge in [0.25, 0.3) is 0 Å². The van der Waals surface area contributed by atoms with Crippen molar-refractivity contribution in [2.45, 2.75) is 63.6 Å². The predicted molar refractivity (Wildman–Crippen MR) is 95.8 cm³/mol. The van der Waals surface area contributed by atoms with Crippen LogP contribution in [-0.2, 0) is 17.8 Å². The van der Waals surface area contributed by atoms with Crippen molar-refractivity contribution in [2.24, 2.45) is 0 Å². The predicted octanol–water partition coefficient (Wildman–Crippen LogP) is 3.75. The number of hydrogen-bond acceptors (Lipinski definition) is 3. The number of hydrogen-bond donors (Lipinski definition) is 2. The van der Waals surface area contributed by atoms with Gasteiger partial charge in [-0.3, -0.25) is 4.79 Å². The molecular formula is C19H24N2OS. The SMILES string of the molecule is O=C(NC1CCCCCC1)[C@H]1Cc2c(sc3ccccc23)CN1. The standard InChI is InChI=1S/C19H24N2OS/c22-19(21-13-7-3-1-2-4-8-13)16-11-15-14-9-5-6-10-17(14)23-18(15)12-20-16/h5-6,9-10,13,16,20H,1-4,7-8,11-12H2,(H,21,22)/t16-/m1/s1. The van der Waals surface area contributed by atoms with E-state index in [2.05, 4.69) is 34.9 Å². The fourth-order valence-electron chi connectivity index (χ4n) is 3.92. The summed E-state index contributed by atoms with van der Waals surface area (Å²) in [5.41, 5.74) is 1.38. The smallest absolute Gasteiger partial charge is 0.237 e. The first-order valence-corrected chi connectivity index (χ1v) is 9.66. The fourth-order valence-corrected chi connectivity index (χ4v) is 5.10. The molecule has 0 bridgehead atoms. The minimum Gasteiger partial charge on any atom is -0.352 e. The van der Waals surface area contributed by atoms with Gasteiger partial charge in [0.2, 0.25) is 5.91 Å². The first-order chi connectivity index (χ1) is 11.3. The monoisotopic (exact) mass is 328 g/mol. The van der Waals surface area contributed by atoms with E-state index in [1.165, 1.54) is 46.2 Å². The van der Waals surface area contributed by atoms with Crippen LogP contribution in [0.2, 0.25) is 0 Å². The van der Waals surface area contributed by atoms with Crippen molar-refractivity contribution in [3.05, 3.63) is 34.7 Å². The highest BCUT2D eigenvalue weighted by molar-refractivity contribution is 7.19. The Morgan fingerprint density at radius 1 is 1.13 bits per heavy atom. The lowest BCUT2D eigenvalue weighted by atomic mass is 9.97. The van der Waals surface area contributed by atoms with Crippen LogP contribution in [-0.4, -0.2) is 18.0 Å². The van der Waals surface area contributed by atoms with Crippen molar-refractivity contribution >= 4 is 27.3 Å².